The van der Waals surface area contributed by atoms with E-state index in [-0.39, 0.29) is 37.6 Å². The molecular weight excluding hydrogens is 463 g/mol. The molecule has 0 saturated carbocycles. The zero-order chi connectivity index (χ0) is 22.7. The van der Waals surface area contributed by atoms with E-state index in [9.17, 15) is 0 Å². The van der Waals surface area contributed by atoms with Gasteiger partial charge in [0.05, 0.1) is 0 Å². The quantitative estimate of drug-likeness (QED) is 0.431. The third-order valence-electron chi connectivity index (χ3n) is 6.56. The molecule has 168 valence electrons. The van der Waals surface area contributed by atoms with Crippen LogP contribution in [0.2, 0.25) is 22.9 Å². The summed E-state index contributed by atoms with van der Waals surface area (Å²) in [6.07, 6.45) is 4.71. The average Bonchev–Trinajstić information content (AvgIpc) is 2.71. The van der Waals surface area contributed by atoms with Crippen LogP contribution in [0.25, 0.3) is 6.08 Å². The molecule has 4 heteroatoms. The predicted octanol–water partition coefficient (Wildman–Crippen LogP) is 6.33. The van der Waals surface area contributed by atoms with Crippen molar-refractivity contribution in [2.24, 2.45) is 5.41 Å². The molecule has 1 aliphatic rings. The summed E-state index contributed by atoms with van der Waals surface area (Å²) in [5.41, 5.74) is 1.19. The first-order valence-electron chi connectivity index (χ1n) is 11.2. The molecule has 1 fully saturated rings. The van der Waals surface area contributed by atoms with Crippen LogP contribution in [0, 0.1) is 5.41 Å². The molecule has 3 rings (SSSR count). The number of ether oxygens (including phenoxy) is 1. The van der Waals surface area contributed by atoms with Gasteiger partial charge in [-0.3, -0.25) is 0 Å². The molecule has 0 radical (unpaired) electrons. The Hall–Kier alpha value is -1.16. The van der Waals surface area contributed by atoms with Crippen molar-refractivity contribution in [1.82, 2.24) is 0 Å². The molecule has 0 spiro atoms. The van der Waals surface area contributed by atoms with Crippen LogP contribution in [0.1, 0.15) is 40.2 Å². The van der Waals surface area contributed by atoms with Crippen molar-refractivity contribution < 1.29 is 9.16 Å². The summed E-state index contributed by atoms with van der Waals surface area (Å²) in [4.78, 5) is 0.327. The van der Waals surface area contributed by atoms with Gasteiger partial charge in [0.2, 0.25) is 0 Å². The molecule has 1 aliphatic heterocycles. The SMILES string of the molecule is CC1(C)CO[C@H](/C=C/c2ccccc2)[C@@H]([Se]c2ccccc2)[C@H]1O[Si](C)(C)C(C)(C)C. The summed E-state index contributed by atoms with van der Waals surface area (Å²) in [6, 6.07) is 21.4. The van der Waals surface area contributed by atoms with Crippen molar-refractivity contribution in [2.75, 3.05) is 6.61 Å². The summed E-state index contributed by atoms with van der Waals surface area (Å²) in [6.45, 7) is 17.1. The molecule has 0 aromatic heterocycles. The molecule has 0 amide bonds. The number of benzene rings is 2. The second kappa shape index (κ2) is 9.76. The van der Waals surface area contributed by atoms with Gasteiger partial charge in [0.1, 0.15) is 0 Å². The Morgan fingerprint density at radius 2 is 1.58 bits per heavy atom. The van der Waals surface area contributed by atoms with E-state index in [1.807, 2.05) is 0 Å². The topological polar surface area (TPSA) is 18.5 Å². The zero-order valence-electron chi connectivity index (χ0n) is 20.1. The van der Waals surface area contributed by atoms with E-state index in [2.05, 4.69) is 121 Å². The summed E-state index contributed by atoms with van der Waals surface area (Å²) >= 11 is 0.248. The molecule has 0 bridgehead atoms. The van der Waals surface area contributed by atoms with Gasteiger partial charge in [0.25, 0.3) is 0 Å². The van der Waals surface area contributed by atoms with E-state index in [0.717, 1.165) is 6.61 Å². The normalized spacial score (nSPS) is 24.4. The Balaban J connectivity index is 1.95. The maximum absolute atomic E-state index is 7.17. The summed E-state index contributed by atoms with van der Waals surface area (Å²) in [5.74, 6) is 0. The van der Waals surface area contributed by atoms with Gasteiger partial charge in [0, 0.05) is 0 Å². The zero-order valence-corrected chi connectivity index (χ0v) is 22.8. The fraction of sp³-hybridized carbons (Fsp3) is 0.481. The second-order valence-electron chi connectivity index (χ2n) is 10.7. The molecule has 0 unspecified atom stereocenters. The Kier molecular flexibility index (Phi) is 7.71. The Labute approximate surface area is 196 Å². The minimum atomic E-state index is -1.93. The third kappa shape index (κ3) is 6.21. The first-order chi connectivity index (χ1) is 14.5. The van der Waals surface area contributed by atoms with Crippen molar-refractivity contribution in [2.45, 2.75) is 69.8 Å². The van der Waals surface area contributed by atoms with Crippen molar-refractivity contribution in [3.8, 4) is 0 Å². The van der Waals surface area contributed by atoms with Crippen LogP contribution < -0.4 is 4.46 Å². The maximum atomic E-state index is 7.17. The fourth-order valence-electron chi connectivity index (χ4n) is 3.55. The van der Waals surface area contributed by atoms with E-state index in [0.29, 0.717) is 4.82 Å². The van der Waals surface area contributed by atoms with Crippen molar-refractivity contribution >= 4 is 33.8 Å². The van der Waals surface area contributed by atoms with Gasteiger partial charge < -0.3 is 0 Å². The first-order valence-corrected chi connectivity index (χ1v) is 16.0. The van der Waals surface area contributed by atoms with Crippen LogP contribution in [0.15, 0.2) is 66.7 Å². The average molecular weight is 502 g/mol. The van der Waals surface area contributed by atoms with E-state index in [4.69, 9.17) is 9.16 Å². The molecule has 0 aliphatic carbocycles. The van der Waals surface area contributed by atoms with Gasteiger partial charge in [0.15, 0.2) is 0 Å². The molecule has 31 heavy (non-hydrogen) atoms. The third-order valence-corrected chi connectivity index (χ3v) is 13.8. The van der Waals surface area contributed by atoms with Crippen LogP contribution in [0.3, 0.4) is 0 Å². The molecule has 2 aromatic carbocycles. The Bertz CT molecular complexity index is 856. The van der Waals surface area contributed by atoms with Crippen molar-refractivity contribution in [3.63, 3.8) is 0 Å². The van der Waals surface area contributed by atoms with Crippen LogP contribution in [0.5, 0.6) is 0 Å². The summed E-state index contributed by atoms with van der Waals surface area (Å²) < 4.78 is 15.1. The van der Waals surface area contributed by atoms with Gasteiger partial charge in [-0.1, -0.05) is 0 Å². The van der Waals surface area contributed by atoms with Crippen LogP contribution in [-0.2, 0) is 9.16 Å². The summed E-state index contributed by atoms with van der Waals surface area (Å²) in [7, 11) is -1.93. The molecule has 3 atom stereocenters. The van der Waals surface area contributed by atoms with Gasteiger partial charge in [-0.2, -0.15) is 0 Å². The van der Waals surface area contributed by atoms with E-state index >= 15 is 0 Å². The Morgan fingerprint density at radius 3 is 2.16 bits per heavy atom. The molecule has 1 heterocycles. The van der Waals surface area contributed by atoms with Crippen LogP contribution in [0.4, 0.5) is 0 Å². The van der Waals surface area contributed by atoms with Crippen LogP contribution >= 0.6 is 0 Å². The fourth-order valence-corrected chi connectivity index (χ4v) is 8.32. The molecule has 1 saturated heterocycles. The van der Waals surface area contributed by atoms with Gasteiger partial charge >= 0.3 is 197 Å². The van der Waals surface area contributed by atoms with Gasteiger partial charge in [-0.05, 0) is 0 Å². The van der Waals surface area contributed by atoms with Gasteiger partial charge in [-0.25, -0.2) is 0 Å². The number of hydrogen-bond acceptors (Lipinski definition) is 2. The first kappa shape index (κ1) is 24.5. The molecule has 2 aromatic rings. The molecular formula is C27H38O2SeSi. The predicted molar refractivity (Wildman–Crippen MR) is 137 cm³/mol. The van der Waals surface area contributed by atoms with Gasteiger partial charge in [-0.15, -0.1) is 0 Å². The Morgan fingerprint density at radius 1 is 1.00 bits per heavy atom. The van der Waals surface area contributed by atoms with E-state index in [1.165, 1.54) is 10.0 Å². The van der Waals surface area contributed by atoms with Crippen molar-refractivity contribution in [1.29, 1.82) is 0 Å². The molecule has 2 nitrogen and oxygen atoms in total. The number of rotatable bonds is 6. The molecule has 0 N–H and O–H groups in total. The van der Waals surface area contributed by atoms with Crippen molar-refractivity contribution in [3.05, 3.63) is 72.3 Å². The number of hydrogen-bond donors (Lipinski definition) is 0. The van der Waals surface area contributed by atoms with E-state index in [1.54, 1.807) is 0 Å². The summed E-state index contributed by atoms with van der Waals surface area (Å²) in [5, 5.41) is 0.182. The standard InChI is InChI=1S/C27H38O2SeSi/c1-26(2,3)31(6,7)29-25-24(30-22-16-12-9-13-17-22)23(28-20-27(25,4)5)19-18-21-14-10-8-11-15-21/h8-19,23-25H,20H2,1-7H3/b19-18+/t23-,24-,25-/m1/s1. The van der Waals surface area contributed by atoms with Crippen LogP contribution in [-0.4, -0.2) is 42.1 Å². The second-order valence-corrected chi connectivity index (χ2v) is 18.1. The van der Waals surface area contributed by atoms with E-state index < -0.39 is 8.32 Å². The minimum absolute atomic E-state index is 0.0200. The monoisotopic (exact) mass is 502 g/mol.